The summed E-state index contributed by atoms with van der Waals surface area (Å²) in [5.74, 6) is -0.880. The van der Waals surface area contributed by atoms with Gasteiger partial charge in [-0.1, -0.05) is 13.8 Å². The van der Waals surface area contributed by atoms with Crippen LogP contribution in [0.5, 0.6) is 0 Å². The van der Waals surface area contributed by atoms with Crippen LogP contribution in [0.15, 0.2) is 18.2 Å². The number of hydrogen-bond acceptors (Lipinski definition) is 2. The lowest BCUT2D eigenvalue weighted by Crippen LogP contribution is -2.28. The van der Waals surface area contributed by atoms with Gasteiger partial charge in [-0.25, -0.2) is 4.39 Å². The van der Waals surface area contributed by atoms with Crippen molar-refractivity contribution in [3.63, 3.8) is 0 Å². The largest absolute Gasteiger partial charge is 0.416 e. The maximum absolute atomic E-state index is 13.5. The summed E-state index contributed by atoms with van der Waals surface area (Å²) in [6, 6.07) is 2.52. The first kappa shape index (κ1) is 15.8. The third-order valence-electron chi connectivity index (χ3n) is 2.93. The van der Waals surface area contributed by atoms with Gasteiger partial charge in [-0.3, -0.25) is 0 Å². The van der Waals surface area contributed by atoms with Gasteiger partial charge in [0.05, 0.1) is 11.3 Å². The fourth-order valence-corrected chi connectivity index (χ4v) is 1.72. The number of alkyl halides is 3. The van der Waals surface area contributed by atoms with Crippen LogP contribution in [0.4, 0.5) is 23.2 Å². The molecule has 108 valence electrons. The van der Waals surface area contributed by atoms with Crippen LogP contribution < -0.4 is 5.32 Å². The molecule has 1 N–H and O–H groups in total. The monoisotopic (exact) mass is 278 g/mol. The van der Waals surface area contributed by atoms with Crippen LogP contribution >= 0.6 is 0 Å². The highest BCUT2D eigenvalue weighted by atomic mass is 19.4. The summed E-state index contributed by atoms with van der Waals surface area (Å²) in [4.78, 5) is 2.13. The predicted molar refractivity (Wildman–Crippen MR) is 67.7 cm³/mol. The van der Waals surface area contributed by atoms with Crippen molar-refractivity contribution in [1.82, 2.24) is 4.90 Å². The molecule has 0 bridgehead atoms. The number of benzene rings is 1. The lowest BCUT2D eigenvalue weighted by molar-refractivity contribution is -0.137. The molecule has 0 fully saturated rings. The molecule has 0 saturated carbocycles. The quantitative estimate of drug-likeness (QED) is 0.800. The minimum Gasteiger partial charge on any atom is -0.381 e. The van der Waals surface area contributed by atoms with E-state index in [0.717, 1.165) is 25.2 Å². The van der Waals surface area contributed by atoms with Crippen LogP contribution in [-0.4, -0.2) is 31.1 Å². The number of likely N-dealkylation sites (N-methyl/N-ethyl adjacent to an activating group) is 1. The van der Waals surface area contributed by atoms with Crippen molar-refractivity contribution in [3.8, 4) is 0 Å². The molecule has 0 aliphatic heterocycles. The summed E-state index contributed by atoms with van der Waals surface area (Å²) >= 11 is 0. The Labute approximate surface area is 110 Å². The van der Waals surface area contributed by atoms with E-state index in [4.69, 9.17) is 0 Å². The van der Waals surface area contributed by atoms with Crippen molar-refractivity contribution in [1.29, 1.82) is 0 Å². The molecule has 0 atom stereocenters. The summed E-state index contributed by atoms with van der Waals surface area (Å²) in [6.45, 7) is 7.00. The molecule has 0 radical (unpaired) electrons. The molecule has 6 heteroatoms. The average molecular weight is 278 g/mol. The summed E-state index contributed by atoms with van der Waals surface area (Å²) in [7, 11) is 0. The fourth-order valence-electron chi connectivity index (χ4n) is 1.72. The van der Waals surface area contributed by atoms with Gasteiger partial charge in [0.25, 0.3) is 0 Å². The fraction of sp³-hybridized carbons (Fsp3) is 0.538. The average Bonchev–Trinajstić information content (AvgIpc) is 2.35. The highest BCUT2D eigenvalue weighted by molar-refractivity contribution is 5.46. The lowest BCUT2D eigenvalue weighted by atomic mass is 10.2. The predicted octanol–water partition coefficient (Wildman–Crippen LogP) is 3.60. The second-order valence-electron chi connectivity index (χ2n) is 4.15. The summed E-state index contributed by atoms with van der Waals surface area (Å²) < 4.78 is 50.6. The summed E-state index contributed by atoms with van der Waals surface area (Å²) in [5, 5.41) is 2.81. The third-order valence-corrected chi connectivity index (χ3v) is 2.93. The Morgan fingerprint density at radius 3 is 2.26 bits per heavy atom. The first-order valence-corrected chi connectivity index (χ1v) is 6.21. The second-order valence-corrected chi connectivity index (χ2v) is 4.15. The highest BCUT2D eigenvalue weighted by Gasteiger charge is 2.31. The molecule has 19 heavy (non-hydrogen) atoms. The minimum absolute atomic E-state index is 0.0974. The Hall–Kier alpha value is -1.30. The van der Waals surface area contributed by atoms with Crippen molar-refractivity contribution in [3.05, 3.63) is 29.6 Å². The maximum atomic E-state index is 13.5. The van der Waals surface area contributed by atoms with Gasteiger partial charge < -0.3 is 10.2 Å². The van der Waals surface area contributed by atoms with Crippen molar-refractivity contribution in [2.24, 2.45) is 0 Å². The number of anilines is 1. The van der Waals surface area contributed by atoms with Crippen molar-refractivity contribution in [2.45, 2.75) is 20.0 Å². The van der Waals surface area contributed by atoms with Crippen LogP contribution in [-0.2, 0) is 6.18 Å². The van der Waals surface area contributed by atoms with Gasteiger partial charge in [0.15, 0.2) is 0 Å². The van der Waals surface area contributed by atoms with Crippen LogP contribution in [0.25, 0.3) is 0 Å². The molecule has 0 amide bonds. The van der Waals surface area contributed by atoms with Gasteiger partial charge in [0, 0.05) is 13.1 Å². The molecule has 2 nitrogen and oxygen atoms in total. The van der Waals surface area contributed by atoms with E-state index >= 15 is 0 Å². The van der Waals surface area contributed by atoms with E-state index in [0.29, 0.717) is 19.2 Å². The molecular weight excluding hydrogens is 260 g/mol. The molecule has 0 aromatic heterocycles. The van der Waals surface area contributed by atoms with Gasteiger partial charge in [-0.05, 0) is 31.3 Å². The van der Waals surface area contributed by atoms with Crippen molar-refractivity contribution >= 4 is 5.69 Å². The Bertz CT molecular complexity index is 400. The highest BCUT2D eigenvalue weighted by Crippen LogP contribution is 2.31. The van der Waals surface area contributed by atoms with Crippen molar-refractivity contribution < 1.29 is 17.6 Å². The standard InChI is InChI=1S/C13H18F4N2/c1-3-19(4-2)8-7-18-12-6-5-10(9-11(12)14)13(15,16)17/h5-6,9,18H,3-4,7-8H2,1-2H3. The first-order chi connectivity index (χ1) is 8.88. The second kappa shape index (κ2) is 6.75. The van der Waals surface area contributed by atoms with Crippen LogP contribution in [0.1, 0.15) is 19.4 Å². The molecule has 0 aliphatic carbocycles. The Kier molecular flexibility index (Phi) is 5.60. The number of halogens is 4. The molecule has 0 heterocycles. The van der Waals surface area contributed by atoms with Gasteiger partial charge in [-0.2, -0.15) is 13.2 Å². The molecule has 0 aliphatic rings. The number of nitrogens with one attached hydrogen (secondary N) is 1. The maximum Gasteiger partial charge on any atom is 0.416 e. The van der Waals surface area contributed by atoms with E-state index < -0.39 is 17.6 Å². The Morgan fingerprint density at radius 2 is 1.79 bits per heavy atom. The van der Waals surface area contributed by atoms with Crippen LogP contribution in [0.3, 0.4) is 0 Å². The zero-order chi connectivity index (χ0) is 14.5. The van der Waals surface area contributed by atoms with E-state index in [1.807, 2.05) is 13.8 Å². The lowest BCUT2D eigenvalue weighted by Gasteiger charge is -2.18. The zero-order valence-corrected chi connectivity index (χ0v) is 11.0. The van der Waals surface area contributed by atoms with E-state index in [2.05, 4.69) is 10.2 Å². The molecule has 0 unspecified atom stereocenters. The number of rotatable bonds is 6. The van der Waals surface area contributed by atoms with Gasteiger partial charge in [0.2, 0.25) is 0 Å². The molecular formula is C13H18F4N2. The number of nitrogens with zero attached hydrogens (tertiary/aromatic N) is 1. The van der Waals surface area contributed by atoms with E-state index in [1.54, 1.807) is 0 Å². The molecule has 1 rings (SSSR count). The minimum atomic E-state index is -4.51. The first-order valence-electron chi connectivity index (χ1n) is 6.21. The van der Waals surface area contributed by atoms with E-state index in [9.17, 15) is 17.6 Å². The smallest absolute Gasteiger partial charge is 0.381 e. The zero-order valence-electron chi connectivity index (χ0n) is 11.0. The molecule has 0 saturated heterocycles. The topological polar surface area (TPSA) is 15.3 Å². The summed E-state index contributed by atoms with van der Waals surface area (Å²) in [6.07, 6.45) is -4.51. The SMILES string of the molecule is CCN(CC)CCNc1ccc(C(F)(F)F)cc1F. The van der Waals surface area contributed by atoms with Crippen LogP contribution in [0.2, 0.25) is 0 Å². The molecule has 0 spiro atoms. The van der Waals surface area contributed by atoms with E-state index in [1.165, 1.54) is 0 Å². The van der Waals surface area contributed by atoms with Crippen LogP contribution in [0, 0.1) is 5.82 Å². The van der Waals surface area contributed by atoms with E-state index in [-0.39, 0.29) is 5.69 Å². The Morgan fingerprint density at radius 1 is 1.16 bits per heavy atom. The Balaban J connectivity index is 2.61. The van der Waals surface area contributed by atoms with Gasteiger partial charge >= 0.3 is 6.18 Å². The number of hydrogen-bond donors (Lipinski definition) is 1. The third kappa shape index (κ3) is 4.70. The van der Waals surface area contributed by atoms with Gasteiger partial charge in [0.1, 0.15) is 5.82 Å². The summed E-state index contributed by atoms with van der Waals surface area (Å²) in [5.41, 5.74) is -0.876. The van der Waals surface area contributed by atoms with Crippen molar-refractivity contribution in [2.75, 3.05) is 31.5 Å². The van der Waals surface area contributed by atoms with Gasteiger partial charge in [-0.15, -0.1) is 0 Å². The molecule has 1 aromatic carbocycles. The normalized spacial score (nSPS) is 11.9. The molecule has 1 aromatic rings.